The van der Waals surface area contributed by atoms with Crippen LogP contribution in [0, 0.1) is 5.82 Å². The predicted molar refractivity (Wildman–Crippen MR) is 86.2 cm³/mol. The Morgan fingerprint density at radius 1 is 1.21 bits per heavy atom. The van der Waals surface area contributed by atoms with Crippen LogP contribution in [0.5, 0.6) is 5.75 Å². The van der Waals surface area contributed by atoms with Crippen LogP contribution < -0.4 is 16.1 Å². The van der Waals surface area contributed by atoms with E-state index < -0.39 is 63.8 Å². The van der Waals surface area contributed by atoms with Crippen LogP contribution >= 0.6 is 11.6 Å². The minimum Gasteiger partial charge on any atom is -0.481 e. The smallest absolute Gasteiger partial charge is 0.431 e. The highest BCUT2D eigenvalue weighted by atomic mass is 35.5. The van der Waals surface area contributed by atoms with Crippen LogP contribution in [-0.4, -0.2) is 26.2 Å². The summed E-state index contributed by atoms with van der Waals surface area (Å²) in [4.78, 5) is 54.5. The number of carbonyl (C=O) groups excluding carboxylic acids is 1. The van der Waals surface area contributed by atoms with E-state index in [0.717, 1.165) is 7.05 Å². The molecule has 0 fully saturated rings. The van der Waals surface area contributed by atoms with Crippen molar-refractivity contribution >= 4 is 23.5 Å². The molecule has 0 amide bonds. The lowest BCUT2D eigenvalue weighted by molar-refractivity contribution is -0.214. The van der Waals surface area contributed by atoms with Crippen LogP contribution in [0.3, 0.4) is 0 Å². The first-order valence-electron chi connectivity index (χ1n) is 7.31. The largest absolute Gasteiger partial charge is 0.481 e. The number of nitrogens with zero attached hydrogens (tertiary/aromatic N) is 2. The number of carbonyl (C=O) groups is 2. The van der Waals surface area contributed by atoms with E-state index in [2.05, 4.69) is 9.78 Å². The highest BCUT2D eigenvalue weighted by molar-refractivity contribution is 6.32. The third-order valence-electron chi connectivity index (χ3n) is 3.37. The van der Waals surface area contributed by atoms with Gasteiger partial charge in [0, 0.05) is 19.2 Å². The molecule has 29 heavy (non-hydrogen) atoms. The quantitative estimate of drug-likeness (QED) is 0.325. The standard InChI is InChI=1S/C15H9ClF4N2O7/c1-21-10(15(18,19)20)4-11(23)22(14(21)27)8-3-9(6(16)2-7(8)17)28-29-13(26)5-12(24)25/h2-4H,5H2,1H3,(H,24,25). The van der Waals surface area contributed by atoms with Gasteiger partial charge in [-0.2, -0.15) is 13.2 Å². The van der Waals surface area contributed by atoms with Gasteiger partial charge >= 0.3 is 23.8 Å². The van der Waals surface area contributed by atoms with Gasteiger partial charge < -0.3 is 5.11 Å². The van der Waals surface area contributed by atoms with E-state index in [1.807, 2.05) is 0 Å². The summed E-state index contributed by atoms with van der Waals surface area (Å²) in [6.07, 6.45) is -6.10. The lowest BCUT2D eigenvalue weighted by Gasteiger charge is -2.15. The highest BCUT2D eigenvalue weighted by Crippen LogP contribution is 2.30. The molecule has 1 aromatic carbocycles. The Kier molecular flexibility index (Phi) is 6.01. The van der Waals surface area contributed by atoms with Crippen LogP contribution in [0.4, 0.5) is 17.6 Å². The lowest BCUT2D eigenvalue weighted by Crippen LogP contribution is -2.41. The summed E-state index contributed by atoms with van der Waals surface area (Å²) in [6.45, 7) is 0. The number of hydrogen-bond donors (Lipinski definition) is 1. The third kappa shape index (κ3) is 4.74. The molecule has 1 aromatic heterocycles. The maximum atomic E-state index is 14.3. The van der Waals surface area contributed by atoms with Gasteiger partial charge in [-0.05, 0) is 6.07 Å². The number of aromatic nitrogens is 2. The molecule has 0 spiro atoms. The van der Waals surface area contributed by atoms with Gasteiger partial charge in [-0.1, -0.05) is 11.6 Å². The maximum absolute atomic E-state index is 14.3. The maximum Gasteiger partial charge on any atom is 0.431 e. The number of benzene rings is 1. The Labute approximate surface area is 162 Å². The van der Waals surface area contributed by atoms with E-state index in [-0.39, 0.29) is 15.2 Å². The fourth-order valence-corrected chi connectivity index (χ4v) is 2.30. The molecule has 2 rings (SSSR count). The molecule has 14 heteroatoms. The Morgan fingerprint density at radius 2 is 1.83 bits per heavy atom. The van der Waals surface area contributed by atoms with E-state index in [9.17, 15) is 36.7 Å². The Balaban J connectivity index is 2.55. The number of rotatable bonds is 5. The van der Waals surface area contributed by atoms with Crippen molar-refractivity contribution in [1.29, 1.82) is 0 Å². The van der Waals surface area contributed by atoms with Crippen LogP contribution in [0.1, 0.15) is 12.1 Å². The number of halogens is 5. The van der Waals surface area contributed by atoms with Gasteiger partial charge in [0.05, 0.1) is 10.7 Å². The Morgan fingerprint density at radius 3 is 2.38 bits per heavy atom. The van der Waals surface area contributed by atoms with Crippen molar-refractivity contribution in [3.05, 3.63) is 55.6 Å². The Bertz CT molecular complexity index is 1110. The van der Waals surface area contributed by atoms with Crippen LogP contribution in [0.2, 0.25) is 5.02 Å². The molecule has 0 radical (unpaired) electrons. The van der Waals surface area contributed by atoms with Crippen molar-refractivity contribution in [1.82, 2.24) is 9.13 Å². The second kappa shape index (κ2) is 7.95. The summed E-state index contributed by atoms with van der Waals surface area (Å²) in [6, 6.07) is 1.24. The van der Waals surface area contributed by atoms with Crippen LogP contribution in [0.25, 0.3) is 5.69 Å². The van der Waals surface area contributed by atoms with Crippen molar-refractivity contribution in [2.75, 3.05) is 0 Å². The second-order valence-corrected chi connectivity index (χ2v) is 5.79. The molecule has 0 bridgehead atoms. The zero-order valence-electron chi connectivity index (χ0n) is 14.1. The second-order valence-electron chi connectivity index (χ2n) is 5.39. The van der Waals surface area contributed by atoms with Gasteiger partial charge in [0.25, 0.3) is 5.56 Å². The zero-order valence-corrected chi connectivity index (χ0v) is 14.9. The molecule has 1 heterocycles. The van der Waals surface area contributed by atoms with Crippen LogP contribution in [0.15, 0.2) is 27.8 Å². The molecule has 1 N–H and O–H groups in total. The summed E-state index contributed by atoms with van der Waals surface area (Å²) >= 11 is 5.68. The summed E-state index contributed by atoms with van der Waals surface area (Å²) in [5.74, 6) is -4.79. The van der Waals surface area contributed by atoms with Gasteiger partial charge in [0.2, 0.25) is 0 Å². The van der Waals surface area contributed by atoms with E-state index in [1.165, 1.54) is 0 Å². The molecule has 0 atom stereocenters. The molecule has 2 aromatic rings. The average molecular weight is 441 g/mol. The molecular weight excluding hydrogens is 432 g/mol. The topological polar surface area (TPSA) is 117 Å². The van der Waals surface area contributed by atoms with Gasteiger partial charge in [-0.15, -0.1) is 0 Å². The van der Waals surface area contributed by atoms with Crippen molar-refractivity contribution in [3.63, 3.8) is 0 Å². The number of alkyl halides is 3. The van der Waals surface area contributed by atoms with E-state index >= 15 is 0 Å². The fourth-order valence-electron chi connectivity index (χ4n) is 2.12. The Hall–Kier alpha value is -3.35. The predicted octanol–water partition coefficient (Wildman–Crippen LogP) is 1.66. The molecular formula is C15H9ClF4N2O7. The first-order chi connectivity index (χ1) is 13.3. The molecule has 0 aliphatic carbocycles. The summed E-state index contributed by atoms with van der Waals surface area (Å²) in [7, 11) is 0.722. The van der Waals surface area contributed by atoms with E-state index in [4.69, 9.17) is 16.7 Å². The number of carboxylic acids is 1. The van der Waals surface area contributed by atoms with Crippen molar-refractivity contribution in [2.45, 2.75) is 12.6 Å². The summed E-state index contributed by atoms with van der Waals surface area (Å²) < 4.78 is 53.1. The summed E-state index contributed by atoms with van der Waals surface area (Å²) in [5.41, 5.74) is -5.44. The average Bonchev–Trinajstić information content (AvgIpc) is 2.57. The van der Waals surface area contributed by atoms with Crippen molar-refractivity contribution in [3.8, 4) is 11.4 Å². The molecule has 156 valence electrons. The zero-order chi connectivity index (χ0) is 22.1. The SMILES string of the molecule is Cn1c(C(F)(F)F)cc(=O)n(-c2cc(OOC(=O)CC(=O)O)c(Cl)cc2F)c1=O. The highest BCUT2D eigenvalue weighted by Gasteiger charge is 2.35. The van der Waals surface area contributed by atoms with Crippen molar-refractivity contribution < 1.29 is 42.0 Å². The van der Waals surface area contributed by atoms with E-state index in [1.54, 1.807) is 0 Å². The van der Waals surface area contributed by atoms with Gasteiger partial charge in [-0.25, -0.2) is 23.4 Å². The molecule has 0 unspecified atom stereocenters. The van der Waals surface area contributed by atoms with Crippen molar-refractivity contribution in [2.24, 2.45) is 7.05 Å². The third-order valence-corrected chi connectivity index (χ3v) is 3.67. The minimum atomic E-state index is -5.02. The monoisotopic (exact) mass is 440 g/mol. The van der Waals surface area contributed by atoms with Gasteiger partial charge in [-0.3, -0.25) is 19.0 Å². The lowest BCUT2D eigenvalue weighted by atomic mass is 10.2. The van der Waals surface area contributed by atoms with Gasteiger partial charge in [0.1, 0.15) is 17.9 Å². The minimum absolute atomic E-state index is 0.0762. The molecule has 0 aliphatic rings. The summed E-state index contributed by atoms with van der Waals surface area (Å²) in [5, 5.41) is 7.94. The molecule has 0 saturated carbocycles. The first-order valence-corrected chi connectivity index (χ1v) is 7.69. The fraction of sp³-hybridized carbons (Fsp3) is 0.200. The molecule has 0 saturated heterocycles. The number of aliphatic carboxylic acids is 1. The van der Waals surface area contributed by atoms with E-state index in [0.29, 0.717) is 12.1 Å². The molecule has 0 aliphatic heterocycles. The first kappa shape index (κ1) is 21.9. The van der Waals surface area contributed by atoms with Crippen LogP contribution in [-0.2, 0) is 27.7 Å². The number of carboxylic acid groups (broad SMARTS) is 1. The molecule has 9 nitrogen and oxygen atoms in total. The number of hydrogen-bond acceptors (Lipinski definition) is 6. The van der Waals surface area contributed by atoms with Gasteiger partial charge in [0.15, 0.2) is 5.75 Å². The normalized spacial score (nSPS) is 11.2.